The van der Waals surface area contributed by atoms with E-state index in [1.54, 1.807) is 31.2 Å². The first-order valence-electron chi connectivity index (χ1n) is 6.55. The molecule has 1 heterocycles. The third-order valence-corrected chi connectivity index (χ3v) is 3.18. The standard InChI is InChI=1S/C15H12FN5O/c1-10-8-11(16)6-7-13(10)18-15(22)12-4-2-3-5-14(12)21-9-17-19-20-21/h2-9H,1H3,(H,18,22). The highest BCUT2D eigenvalue weighted by Crippen LogP contribution is 2.19. The van der Waals surface area contributed by atoms with Crippen molar-refractivity contribution in [3.63, 3.8) is 0 Å². The van der Waals surface area contributed by atoms with Gasteiger partial charge in [0.1, 0.15) is 12.1 Å². The predicted octanol–water partition coefficient (Wildman–Crippen LogP) is 2.36. The van der Waals surface area contributed by atoms with Crippen molar-refractivity contribution >= 4 is 11.6 Å². The van der Waals surface area contributed by atoms with Crippen molar-refractivity contribution in [1.29, 1.82) is 0 Å². The van der Waals surface area contributed by atoms with Gasteiger partial charge in [-0.25, -0.2) is 4.39 Å². The van der Waals surface area contributed by atoms with Gasteiger partial charge in [-0.2, -0.15) is 4.68 Å². The van der Waals surface area contributed by atoms with Gasteiger partial charge < -0.3 is 5.32 Å². The summed E-state index contributed by atoms with van der Waals surface area (Å²) >= 11 is 0. The minimum Gasteiger partial charge on any atom is -0.322 e. The van der Waals surface area contributed by atoms with Gasteiger partial charge in [0, 0.05) is 5.69 Å². The van der Waals surface area contributed by atoms with Crippen molar-refractivity contribution in [1.82, 2.24) is 20.2 Å². The molecule has 6 nitrogen and oxygen atoms in total. The van der Waals surface area contributed by atoms with E-state index in [1.807, 2.05) is 0 Å². The Morgan fingerprint density at radius 2 is 2.05 bits per heavy atom. The minimum atomic E-state index is -0.343. The number of hydrogen-bond acceptors (Lipinski definition) is 4. The number of anilines is 1. The molecule has 2 aromatic carbocycles. The number of aromatic nitrogens is 4. The number of aryl methyl sites for hydroxylation is 1. The second-order valence-electron chi connectivity index (χ2n) is 4.68. The largest absolute Gasteiger partial charge is 0.322 e. The molecule has 110 valence electrons. The summed E-state index contributed by atoms with van der Waals surface area (Å²) in [5, 5.41) is 13.7. The number of para-hydroxylation sites is 1. The average Bonchev–Trinajstić information content (AvgIpc) is 3.04. The molecule has 0 unspecified atom stereocenters. The summed E-state index contributed by atoms with van der Waals surface area (Å²) < 4.78 is 14.5. The van der Waals surface area contributed by atoms with E-state index in [0.717, 1.165) is 0 Å². The van der Waals surface area contributed by atoms with Crippen LogP contribution >= 0.6 is 0 Å². The lowest BCUT2D eigenvalue weighted by Gasteiger charge is -2.11. The highest BCUT2D eigenvalue weighted by molar-refractivity contribution is 6.07. The molecule has 0 aliphatic carbocycles. The Labute approximate surface area is 125 Å². The normalized spacial score (nSPS) is 10.5. The lowest BCUT2D eigenvalue weighted by molar-refractivity contribution is 0.102. The Kier molecular flexibility index (Phi) is 3.61. The van der Waals surface area contributed by atoms with Gasteiger partial charge in [-0.1, -0.05) is 12.1 Å². The van der Waals surface area contributed by atoms with Gasteiger partial charge in [-0.05, 0) is 53.2 Å². The SMILES string of the molecule is Cc1cc(F)ccc1NC(=O)c1ccccc1-n1cnnn1. The van der Waals surface area contributed by atoms with E-state index in [9.17, 15) is 9.18 Å². The molecule has 0 saturated heterocycles. The van der Waals surface area contributed by atoms with Crippen LogP contribution in [0.15, 0.2) is 48.8 Å². The summed E-state index contributed by atoms with van der Waals surface area (Å²) in [5.41, 5.74) is 2.18. The molecule has 0 spiro atoms. The maximum Gasteiger partial charge on any atom is 0.257 e. The fourth-order valence-electron chi connectivity index (χ4n) is 2.09. The number of nitrogens with zero attached hydrogens (tertiary/aromatic N) is 4. The molecule has 0 radical (unpaired) electrons. The highest BCUT2D eigenvalue weighted by Gasteiger charge is 2.14. The quantitative estimate of drug-likeness (QED) is 0.805. The number of amides is 1. The fraction of sp³-hybridized carbons (Fsp3) is 0.0667. The number of tetrazole rings is 1. The van der Waals surface area contributed by atoms with Crippen molar-refractivity contribution in [2.24, 2.45) is 0 Å². The Balaban J connectivity index is 1.93. The molecular weight excluding hydrogens is 285 g/mol. The molecule has 3 aromatic rings. The number of hydrogen-bond donors (Lipinski definition) is 1. The van der Waals surface area contributed by atoms with Crippen LogP contribution in [0.25, 0.3) is 5.69 Å². The van der Waals surface area contributed by atoms with Gasteiger partial charge in [-0.15, -0.1) is 5.10 Å². The molecule has 0 fully saturated rings. The molecule has 1 amide bonds. The molecule has 7 heteroatoms. The van der Waals surface area contributed by atoms with Crippen molar-refractivity contribution in [2.75, 3.05) is 5.32 Å². The molecule has 0 atom stereocenters. The molecule has 0 aliphatic rings. The lowest BCUT2D eigenvalue weighted by Crippen LogP contribution is -2.16. The minimum absolute atomic E-state index is 0.319. The van der Waals surface area contributed by atoms with Crippen LogP contribution in [0.2, 0.25) is 0 Å². The van der Waals surface area contributed by atoms with Crippen molar-refractivity contribution in [3.05, 3.63) is 65.7 Å². The van der Waals surface area contributed by atoms with E-state index in [2.05, 4.69) is 20.8 Å². The molecule has 0 saturated carbocycles. The van der Waals surface area contributed by atoms with Crippen LogP contribution in [0.1, 0.15) is 15.9 Å². The molecule has 0 aliphatic heterocycles. The van der Waals surface area contributed by atoms with Crippen molar-refractivity contribution in [3.8, 4) is 5.69 Å². The van der Waals surface area contributed by atoms with Crippen molar-refractivity contribution < 1.29 is 9.18 Å². The zero-order chi connectivity index (χ0) is 15.5. The summed E-state index contributed by atoms with van der Waals surface area (Å²) in [4.78, 5) is 12.5. The number of carbonyl (C=O) groups excluding carboxylic acids is 1. The summed E-state index contributed by atoms with van der Waals surface area (Å²) in [6, 6.07) is 11.1. The first-order valence-corrected chi connectivity index (χ1v) is 6.55. The maximum absolute atomic E-state index is 13.1. The molecule has 1 aromatic heterocycles. The third-order valence-electron chi connectivity index (χ3n) is 3.18. The Morgan fingerprint density at radius 3 is 2.77 bits per heavy atom. The molecular formula is C15H12FN5O. The topological polar surface area (TPSA) is 72.7 Å². The van der Waals surface area contributed by atoms with E-state index in [4.69, 9.17) is 0 Å². The Bertz CT molecular complexity index is 817. The van der Waals surface area contributed by atoms with Crippen LogP contribution in [-0.4, -0.2) is 26.1 Å². The van der Waals surface area contributed by atoms with Crippen LogP contribution in [0.4, 0.5) is 10.1 Å². The summed E-state index contributed by atoms with van der Waals surface area (Å²) in [6.45, 7) is 1.73. The molecule has 1 N–H and O–H groups in total. The number of rotatable bonds is 3. The van der Waals surface area contributed by atoms with E-state index in [-0.39, 0.29) is 11.7 Å². The third kappa shape index (κ3) is 2.69. The van der Waals surface area contributed by atoms with Gasteiger partial charge in [0.2, 0.25) is 0 Å². The average molecular weight is 297 g/mol. The van der Waals surface area contributed by atoms with Crippen LogP contribution in [0.3, 0.4) is 0 Å². The van der Waals surface area contributed by atoms with Gasteiger partial charge in [-0.3, -0.25) is 4.79 Å². The van der Waals surface area contributed by atoms with Crippen LogP contribution in [0.5, 0.6) is 0 Å². The van der Waals surface area contributed by atoms with Crippen molar-refractivity contribution in [2.45, 2.75) is 6.92 Å². The van der Waals surface area contributed by atoms with Gasteiger partial charge in [0.15, 0.2) is 0 Å². The number of halogens is 1. The Hall–Kier alpha value is -3.09. The van der Waals surface area contributed by atoms with E-state index in [1.165, 1.54) is 29.2 Å². The van der Waals surface area contributed by atoms with E-state index < -0.39 is 0 Å². The fourth-order valence-corrected chi connectivity index (χ4v) is 2.09. The Morgan fingerprint density at radius 1 is 1.23 bits per heavy atom. The summed E-state index contributed by atoms with van der Waals surface area (Å²) in [5.74, 6) is -0.662. The smallest absolute Gasteiger partial charge is 0.257 e. The summed E-state index contributed by atoms with van der Waals surface area (Å²) in [6.07, 6.45) is 1.41. The molecule has 0 bridgehead atoms. The lowest BCUT2D eigenvalue weighted by atomic mass is 10.1. The van der Waals surface area contributed by atoms with Crippen LogP contribution in [0, 0.1) is 12.7 Å². The van der Waals surface area contributed by atoms with Gasteiger partial charge in [0.25, 0.3) is 5.91 Å². The highest BCUT2D eigenvalue weighted by atomic mass is 19.1. The zero-order valence-corrected chi connectivity index (χ0v) is 11.7. The predicted molar refractivity (Wildman–Crippen MR) is 78.2 cm³/mol. The van der Waals surface area contributed by atoms with E-state index in [0.29, 0.717) is 22.5 Å². The van der Waals surface area contributed by atoms with E-state index >= 15 is 0 Å². The monoisotopic (exact) mass is 297 g/mol. The van der Waals surface area contributed by atoms with Crippen LogP contribution in [-0.2, 0) is 0 Å². The first-order chi connectivity index (χ1) is 10.6. The van der Waals surface area contributed by atoms with Gasteiger partial charge in [0.05, 0.1) is 11.3 Å². The number of benzene rings is 2. The molecule has 3 rings (SSSR count). The second kappa shape index (κ2) is 5.72. The maximum atomic E-state index is 13.1. The number of carbonyl (C=O) groups is 1. The molecule has 22 heavy (non-hydrogen) atoms. The summed E-state index contributed by atoms with van der Waals surface area (Å²) in [7, 11) is 0. The zero-order valence-electron chi connectivity index (χ0n) is 11.7. The first kappa shape index (κ1) is 13.9. The number of nitrogens with one attached hydrogen (secondary N) is 1. The van der Waals surface area contributed by atoms with Gasteiger partial charge >= 0.3 is 0 Å². The van der Waals surface area contributed by atoms with Crippen LogP contribution < -0.4 is 5.32 Å². The second-order valence-corrected chi connectivity index (χ2v) is 4.68.